The van der Waals surface area contributed by atoms with Gasteiger partial charge in [-0.3, -0.25) is 0 Å². The van der Waals surface area contributed by atoms with Gasteiger partial charge in [0.25, 0.3) is 0 Å². The third-order valence-corrected chi connectivity index (χ3v) is 5.92. The molecule has 2 amide bonds. The Morgan fingerprint density at radius 2 is 1.63 bits per heavy atom. The molecule has 0 aliphatic carbocycles. The van der Waals surface area contributed by atoms with Crippen molar-refractivity contribution in [3.05, 3.63) is 95.1 Å². The molecule has 0 bridgehead atoms. The van der Waals surface area contributed by atoms with Crippen LogP contribution in [0.5, 0.6) is 11.8 Å². The van der Waals surface area contributed by atoms with Gasteiger partial charge in [-0.05, 0) is 42.0 Å². The molecule has 0 aliphatic rings. The zero-order valence-electron chi connectivity index (χ0n) is 20.5. The zero-order chi connectivity index (χ0) is 29.1. The van der Waals surface area contributed by atoms with Crippen LogP contribution in [0.25, 0.3) is 16.8 Å². The van der Waals surface area contributed by atoms with Crippen LogP contribution < -0.4 is 21.1 Å². The van der Waals surface area contributed by atoms with Gasteiger partial charge in [-0.1, -0.05) is 35.3 Å². The van der Waals surface area contributed by atoms with E-state index in [0.717, 1.165) is 17.7 Å². The van der Waals surface area contributed by atoms with Crippen LogP contribution in [0.1, 0.15) is 5.56 Å². The Balaban J connectivity index is 1.26. The maximum Gasteiger partial charge on any atom is 0.416 e. The summed E-state index contributed by atoms with van der Waals surface area (Å²) in [6.07, 6.45) is 2.07. The average Bonchev–Trinajstić information content (AvgIpc) is 3.37. The first-order valence-electron chi connectivity index (χ1n) is 11.6. The van der Waals surface area contributed by atoms with E-state index >= 15 is 0 Å². The SMILES string of the molecule is Nc1ncc(Cl)cc1-c1ccc(Oc2ncc(NC(=O)Nc3cc(C(F)(F)F)ccc3-n3cc(Cl)cn3)cn2)cc1. The Labute approximate surface area is 239 Å². The zero-order valence-corrected chi connectivity index (χ0v) is 22.0. The highest BCUT2D eigenvalue weighted by Gasteiger charge is 2.31. The molecule has 41 heavy (non-hydrogen) atoms. The van der Waals surface area contributed by atoms with Gasteiger partial charge < -0.3 is 21.1 Å². The van der Waals surface area contributed by atoms with E-state index in [0.29, 0.717) is 22.2 Å². The second-order valence-corrected chi connectivity index (χ2v) is 9.25. The normalized spacial score (nSPS) is 11.2. The van der Waals surface area contributed by atoms with Gasteiger partial charge in [0.05, 0.1) is 51.3 Å². The van der Waals surface area contributed by atoms with Crippen LogP contribution in [0.2, 0.25) is 10.0 Å². The number of nitrogens with one attached hydrogen (secondary N) is 2. The Hall–Kier alpha value is -4.88. The molecular weight excluding hydrogens is 584 g/mol. The fraction of sp³-hybridized carbons (Fsp3) is 0.0385. The number of hydrogen-bond acceptors (Lipinski definition) is 7. The lowest BCUT2D eigenvalue weighted by Crippen LogP contribution is -2.21. The summed E-state index contributed by atoms with van der Waals surface area (Å²) in [4.78, 5) is 24.8. The third kappa shape index (κ3) is 6.65. The number of amides is 2. The predicted molar refractivity (Wildman–Crippen MR) is 147 cm³/mol. The standard InChI is InChI=1S/C26H17Cl2F3N8O2/c27-16-8-20(23(32)33-9-16)14-1-4-19(5-2-14)41-25-34-11-18(12-35-25)37-24(40)38-21-7-15(26(29,30)31)3-6-22(21)39-13-17(28)10-36-39/h1-13H,(H2,32,33)(H2,37,38,40). The number of urea groups is 1. The van der Waals surface area contributed by atoms with Crippen molar-refractivity contribution in [3.63, 3.8) is 0 Å². The number of carbonyl (C=O) groups excluding carboxylic acids is 1. The number of benzene rings is 2. The molecule has 0 spiro atoms. The molecule has 10 nitrogen and oxygen atoms in total. The molecule has 4 N–H and O–H groups in total. The minimum Gasteiger partial charge on any atom is -0.424 e. The average molecular weight is 601 g/mol. The van der Waals surface area contributed by atoms with Crippen LogP contribution >= 0.6 is 23.2 Å². The van der Waals surface area contributed by atoms with Gasteiger partial charge in [0.2, 0.25) is 0 Å². The van der Waals surface area contributed by atoms with Gasteiger partial charge in [-0.15, -0.1) is 0 Å². The molecule has 0 unspecified atom stereocenters. The fourth-order valence-corrected chi connectivity index (χ4v) is 3.95. The number of carbonyl (C=O) groups is 1. The number of nitrogen functional groups attached to an aromatic ring is 1. The highest BCUT2D eigenvalue weighted by molar-refractivity contribution is 6.31. The number of nitrogens with zero attached hydrogens (tertiary/aromatic N) is 5. The molecule has 0 saturated carbocycles. The minimum atomic E-state index is -4.63. The van der Waals surface area contributed by atoms with E-state index in [9.17, 15) is 18.0 Å². The molecule has 208 valence electrons. The number of ether oxygens (including phenoxy) is 1. The molecule has 0 radical (unpaired) electrons. The van der Waals surface area contributed by atoms with E-state index in [1.807, 2.05) is 0 Å². The van der Waals surface area contributed by atoms with Crippen molar-refractivity contribution in [3.8, 4) is 28.6 Å². The van der Waals surface area contributed by atoms with Crippen molar-refractivity contribution in [1.82, 2.24) is 24.7 Å². The Kier molecular flexibility index (Phi) is 7.64. The molecular formula is C26H17Cl2F3N8O2. The summed E-state index contributed by atoms with van der Waals surface area (Å²) in [6.45, 7) is 0. The number of nitrogens with two attached hydrogens (primary N) is 1. The smallest absolute Gasteiger partial charge is 0.416 e. The fourth-order valence-electron chi connectivity index (χ4n) is 3.65. The van der Waals surface area contributed by atoms with Crippen molar-refractivity contribution in [1.29, 1.82) is 0 Å². The van der Waals surface area contributed by atoms with Gasteiger partial charge in [0.15, 0.2) is 0 Å². The molecule has 0 fully saturated rings. The molecule has 5 rings (SSSR count). The summed E-state index contributed by atoms with van der Waals surface area (Å²) < 4.78 is 46.8. The van der Waals surface area contributed by atoms with Crippen molar-refractivity contribution < 1.29 is 22.7 Å². The Bertz CT molecular complexity index is 1710. The van der Waals surface area contributed by atoms with E-state index in [1.165, 1.54) is 41.7 Å². The first-order chi connectivity index (χ1) is 19.5. The van der Waals surface area contributed by atoms with E-state index < -0.39 is 17.8 Å². The topological polar surface area (TPSA) is 133 Å². The molecule has 0 aliphatic heterocycles. The summed E-state index contributed by atoms with van der Waals surface area (Å²) in [5.41, 5.74) is 6.58. The largest absolute Gasteiger partial charge is 0.424 e. The second kappa shape index (κ2) is 11.3. The molecule has 0 atom stereocenters. The summed E-state index contributed by atoms with van der Waals surface area (Å²) in [5.74, 6) is 0.755. The number of anilines is 3. The number of hydrogen-bond donors (Lipinski definition) is 3. The maximum absolute atomic E-state index is 13.3. The Morgan fingerprint density at radius 1 is 0.902 bits per heavy atom. The number of aromatic nitrogens is 5. The maximum atomic E-state index is 13.3. The monoisotopic (exact) mass is 600 g/mol. The molecule has 3 aromatic heterocycles. The van der Waals surface area contributed by atoms with Crippen LogP contribution in [0, 0.1) is 0 Å². The van der Waals surface area contributed by atoms with Gasteiger partial charge >= 0.3 is 18.2 Å². The molecule has 5 aromatic rings. The number of halogens is 5. The van der Waals surface area contributed by atoms with Crippen molar-refractivity contribution >= 4 is 46.4 Å². The summed E-state index contributed by atoms with van der Waals surface area (Å²) >= 11 is 11.9. The highest BCUT2D eigenvalue weighted by Crippen LogP contribution is 2.34. The van der Waals surface area contributed by atoms with E-state index in [-0.39, 0.29) is 28.1 Å². The minimum absolute atomic E-state index is 0.0108. The quantitative estimate of drug-likeness (QED) is 0.190. The van der Waals surface area contributed by atoms with Gasteiger partial charge in [-0.2, -0.15) is 18.3 Å². The molecule has 15 heteroatoms. The molecule has 2 aromatic carbocycles. The van der Waals surface area contributed by atoms with E-state index in [1.54, 1.807) is 30.3 Å². The predicted octanol–water partition coefficient (Wildman–Crippen LogP) is 7.07. The molecule has 0 saturated heterocycles. The van der Waals surface area contributed by atoms with Crippen molar-refractivity contribution in [2.75, 3.05) is 16.4 Å². The van der Waals surface area contributed by atoms with Crippen molar-refractivity contribution in [2.24, 2.45) is 0 Å². The van der Waals surface area contributed by atoms with Crippen LogP contribution in [0.15, 0.2) is 79.5 Å². The van der Waals surface area contributed by atoms with Gasteiger partial charge in [0, 0.05) is 18.0 Å². The number of alkyl halides is 3. The summed E-state index contributed by atoms with van der Waals surface area (Å²) in [6, 6.07) is 10.6. The second-order valence-electron chi connectivity index (χ2n) is 8.38. The van der Waals surface area contributed by atoms with Crippen LogP contribution in [0.4, 0.5) is 35.2 Å². The lowest BCUT2D eigenvalue weighted by atomic mass is 10.1. The first-order valence-corrected chi connectivity index (χ1v) is 12.3. The number of pyridine rings is 1. The highest BCUT2D eigenvalue weighted by atomic mass is 35.5. The Morgan fingerprint density at radius 3 is 2.29 bits per heavy atom. The van der Waals surface area contributed by atoms with Gasteiger partial charge in [0.1, 0.15) is 11.6 Å². The van der Waals surface area contributed by atoms with Crippen LogP contribution in [0.3, 0.4) is 0 Å². The van der Waals surface area contributed by atoms with E-state index in [2.05, 4.69) is 30.7 Å². The lowest BCUT2D eigenvalue weighted by molar-refractivity contribution is -0.137. The number of rotatable bonds is 6. The van der Waals surface area contributed by atoms with Crippen LogP contribution in [-0.2, 0) is 6.18 Å². The summed E-state index contributed by atoms with van der Waals surface area (Å²) in [7, 11) is 0. The lowest BCUT2D eigenvalue weighted by Gasteiger charge is -2.15. The van der Waals surface area contributed by atoms with E-state index in [4.69, 9.17) is 33.7 Å². The van der Waals surface area contributed by atoms with Gasteiger partial charge in [-0.25, -0.2) is 24.4 Å². The summed E-state index contributed by atoms with van der Waals surface area (Å²) in [5, 5.41) is 9.56. The van der Waals surface area contributed by atoms with Crippen molar-refractivity contribution in [2.45, 2.75) is 6.18 Å². The molecule has 3 heterocycles. The third-order valence-electron chi connectivity index (χ3n) is 5.52. The van der Waals surface area contributed by atoms with Crippen LogP contribution in [-0.4, -0.2) is 30.8 Å². The first kappa shape index (κ1) is 27.7.